The van der Waals surface area contributed by atoms with E-state index >= 15 is 0 Å². The summed E-state index contributed by atoms with van der Waals surface area (Å²) in [5.41, 5.74) is 9.28. The number of aliphatic hydroxyl groups is 1. The van der Waals surface area contributed by atoms with Crippen LogP contribution in [0.1, 0.15) is 63.8 Å². The zero-order valence-electron chi connectivity index (χ0n) is 27.5. The summed E-state index contributed by atoms with van der Waals surface area (Å²) in [6.45, 7) is 5.28. The number of hydrogen-bond donors (Lipinski definition) is 1. The van der Waals surface area contributed by atoms with Gasteiger partial charge >= 0.3 is 5.97 Å². The third kappa shape index (κ3) is 5.37. The Labute approximate surface area is 283 Å². The Hall–Kier alpha value is -5.31. The van der Waals surface area contributed by atoms with Gasteiger partial charge < -0.3 is 19.2 Å². The summed E-state index contributed by atoms with van der Waals surface area (Å²) in [6.07, 6.45) is 2.37. The van der Waals surface area contributed by atoms with Crippen LogP contribution in [0.15, 0.2) is 59.0 Å². The lowest BCUT2D eigenvalue weighted by Gasteiger charge is -2.18. The third-order valence-electron chi connectivity index (χ3n) is 10.2. The monoisotopic (exact) mass is 656 g/mol. The maximum Gasteiger partial charge on any atom is 0.310 e. The summed E-state index contributed by atoms with van der Waals surface area (Å²) in [6, 6.07) is 19.9. The van der Waals surface area contributed by atoms with E-state index in [9.17, 15) is 20.0 Å². The maximum atomic E-state index is 13.7. The quantitative estimate of drug-likeness (QED) is 0.233. The van der Waals surface area contributed by atoms with Crippen molar-refractivity contribution in [3.8, 4) is 28.7 Å². The Kier molecular flexibility index (Phi) is 7.77. The predicted molar refractivity (Wildman–Crippen MR) is 182 cm³/mol. The highest BCUT2D eigenvalue weighted by atomic mass is 16.5. The van der Waals surface area contributed by atoms with Crippen LogP contribution in [-0.4, -0.2) is 63.4 Å². The molecule has 2 aromatic heterocycles. The van der Waals surface area contributed by atoms with Crippen molar-refractivity contribution in [1.29, 1.82) is 5.26 Å². The number of fused-ring (bicyclic) bond motifs is 3. The van der Waals surface area contributed by atoms with Crippen LogP contribution >= 0.6 is 0 Å². The van der Waals surface area contributed by atoms with Gasteiger partial charge in [0.25, 0.3) is 5.91 Å². The lowest BCUT2D eigenvalue weighted by molar-refractivity contribution is -0.144. The average molecular weight is 657 g/mol. The van der Waals surface area contributed by atoms with Gasteiger partial charge in [-0.05, 0) is 97.3 Å². The average Bonchev–Trinajstić information content (AvgIpc) is 3.93. The molecule has 5 aromatic rings. The van der Waals surface area contributed by atoms with E-state index < -0.39 is 6.10 Å². The SMILES string of the molecule is COC(=O)[C@@H]1CCN(Cc2cc(C#N)c3oc(-c4cccc(-c5cccc6c5CCN6C(=O)c5cc6n(n5)CCCC6O)c4C)nc3c2)C1. The molecule has 8 rings (SSSR count). The van der Waals surface area contributed by atoms with E-state index in [0.717, 1.165) is 58.5 Å². The van der Waals surface area contributed by atoms with E-state index in [1.807, 2.05) is 43.3 Å². The van der Waals surface area contributed by atoms with Crippen LogP contribution < -0.4 is 4.90 Å². The second-order valence-electron chi connectivity index (χ2n) is 13.2. The smallest absolute Gasteiger partial charge is 0.310 e. The van der Waals surface area contributed by atoms with Crippen LogP contribution in [0.5, 0.6) is 0 Å². The van der Waals surface area contributed by atoms with E-state index in [0.29, 0.717) is 73.0 Å². The Morgan fingerprint density at radius 2 is 1.88 bits per heavy atom. The van der Waals surface area contributed by atoms with Crippen LogP contribution in [0.3, 0.4) is 0 Å². The second kappa shape index (κ2) is 12.3. The van der Waals surface area contributed by atoms with Crippen LogP contribution in [0.4, 0.5) is 5.69 Å². The van der Waals surface area contributed by atoms with Crippen LogP contribution in [0, 0.1) is 24.2 Å². The number of oxazole rings is 1. The number of methoxy groups -OCH3 is 1. The number of aliphatic hydroxyl groups excluding tert-OH is 1. The van der Waals surface area contributed by atoms with E-state index in [-0.39, 0.29) is 17.8 Å². The number of likely N-dealkylation sites (tertiary alicyclic amines) is 1. The van der Waals surface area contributed by atoms with Gasteiger partial charge in [-0.2, -0.15) is 10.4 Å². The molecule has 248 valence electrons. The third-order valence-corrected chi connectivity index (χ3v) is 10.2. The Bertz CT molecular complexity index is 2180. The number of esters is 1. The molecule has 2 atom stereocenters. The summed E-state index contributed by atoms with van der Waals surface area (Å²) in [5, 5.41) is 25.0. The molecule has 1 unspecified atom stereocenters. The largest absolute Gasteiger partial charge is 0.469 e. The highest BCUT2D eigenvalue weighted by Crippen LogP contribution is 2.41. The molecule has 0 bridgehead atoms. The number of nitrogens with zero attached hydrogens (tertiary/aromatic N) is 6. The molecule has 0 saturated carbocycles. The molecule has 5 heterocycles. The number of carbonyl (C=O) groups is 2. The number of nitriles is 1. The number of ether oxygens (including phenoxy) is 1. The number of anilines is 1. The lowest BCUT2D eigenvalue weighted by Crippen LogP contribution is -2.29. The van der Waals surface area contributed by atoms with E-state index in [1.165, 1.54) is 7.11 Å². The molecule has 3 aliphatic rings. The summed E-state index contributed by atoms with van der Waals surface area (Å²) in [4.78, 5) is 34.6. The number of benzene rings is 3. The highest BCUT2D eigenvalue weighted by molar-refractivity contribution is 6.07. The molecule has 0 aliphatic carbocycles. The molecule has 49 heavy (non-hydrogen) atoms. The minimum absolute atomic E-state index is 0.135. The van der Waals surface area contributed by atoms with E-state index in [2.05, 4.69) is 28.2 Å². The molecule has 3 aromatic carbocycles. The molecular weight excluding hydrogens is 620 g/mol. The van der Waals surface area contributed by atoms with Gasteiger partial charge in [0, 0.05) is 37.4 Å². The fourth-order valence-corrected chi connectivity index (χ4v) is 7.73. The van der Waals surface area contributed by atoms with Crippen molar-refractivity contribution < 1.29 is 23.8 Å². The van der Waals surface area contributed by atoms with Crippen molar-refractivity contribution in [2.75, 3.05) is 31.6 Å². The van der Waals surface area contributed by atoms with Crippen LogP contribution in [0.2, 0.25) is 0 Å². The van der Waals surface area contributed by atoms with Crippen molar-refractivity contribution in [3.05, 3.63) is 88.2 Å². The Balaban J connectivity index is 1.09. The van der Waals surface area contributed by atoms with Crippen molar-refractivity contribution in [3.63, 3.8) is 0 Å². The summed E-state index contributed by atoms with van der Waals surface area (Å²) in [7, 11) is 1.42. The highest BCUT2D eigenvalue weighted by Gasteiger charge is 2.32. The fraction of sp³-hybridized carbons (Fsp3) is 0.342. The Morgan fingerprint density at radius 3 is 2.69 bits per heavy atom. The maximum absolute atomic E-state index is 13.7. The summed E-state index contributed by atoms with van der Waals surface area (Å²) in [5.74, 6) is -0.0492. The fourth-order valence-electron chi connectivity index (χ4n) is 7.73. The molecule has 3 aliphatic heterocycles. The summed E-state index contributed by atoms with van der Waals surface area (Å²) < 4.78 is 13.0. The zero-order chi connectivity index (χ0) is 33.8. The minimum atomic E-state index is -0.595. The molecular formula is C38H36N6O5. The standard InChI is InChI=1S/C38H36N6O5/c1-22-26(28-8-4-9-32-29(28)12-15-43(32)37(46)31-18-33-34(45)10-5-13-44(33)41-31)6-3-7-27(22)36-40-30-17-23(16-25(19-39)35(30)49-36)20-42-14-11-24(21-42)38(47)48-2/h3-4,6-9,16-18,24,34,45H,5,10-15,20-21H2,1-2H3/t24-,34?/m1/s1. The van der Waals surface area contributed by atoms with Crippen molar-refractivity contribution in [2.24, 2.45) is 5.92 Å². The predicted octanol–water partition coefficient (Wildman–Crippen LogP) is 5.56. The first kappa shape index (κ1) is 31.0. The molecule has 0 spiro atoms. The van der Waals surface area contributed by atoms with Gasteiger partial charge in [-0.15, -0.1) is 0 Å². The van der Waals surface area contributed by atoms with Crippen molar-refractivity contribution in [1.82, 2.24) is 19.7 Å². The van der Waals surface area contributed by atoms with Gasteiger partial charge in [0.2, 0.25) is 5.89 Å². The number of amides is 1. The van der Waals surface area contributed by atoms with Crippen LogP contribution in [-0.2, 0) is 29.0 Å². The molecule has 0 radical (unpaired) electrons. The van der Waals surface area contributed by atoms with E-state index in [1.54, 1.807) is 15.6 Å². The van der Waals surface area contributed by atoms with Gasteiger partial charge in [0.15, 0.2) is 11.3 Å². The second-order valence-corrected chi connectivity index (χ2v) is 13.2. The van der Waals surface area contributed by atoms with Gasteiger partial charge in [-0.25, -0.2) is 4.98 Å². The van der Waals surface area contributed by atoms with Crippen LogP contribution in [0.25, 0.3) is 33.7 Å². The normalized spacial score (nSPS) is 18.8. The molecule has 1 amide bonds. The first-order valence-corrected chi connectivity index (χ1v) is 16.8. The number of carbonyl (C=O) groups excluding carboxylic acids is 2. The first-order valence-electron chi connectivity index (χ1n) is 16.8. The van der Waals surface area contributed by atoms with Gasteiger partial charge in [0.1, 0.15) is 11.6 Å². The first-order chi connectivity index (χ1) is 23.8. The van der Waals surface area contributed by atoms with Gasteiger partial charge in [-0.1, -0.05) is 24.3 Å². The van der Waals surface area contributed by atoms with E-state index in [4.69, 9.17) is 14.1 Å². The molecule has 11 nitrogen and oxygen atoms in total. The minimum Gasteiger partial charge on any atom is -0.469 e. The number of hydrogen-bond acceptors (Lipinski definition) is 9. The van der Waals surface area contributed by atoms with Crippen molar-refractivity contribution in [2.45, 2.75) is 51.8 Å². The summed E-state index contributed by atoms with van der Waals surface area (Å²) >= 11 is 0. The topological polar surface area (TPSA) is 138 Å². The van der Waals surface area contributed by atoms with Gasteiger partial charge in [0.05, 0.1) is 30.4 Å². The number of aromatic nitrogens is 3. The van der Waals surface area contributed by atoms with Gasteiger partial charge in [-0.3, -0.25) is 19.2 Å². The molecule has 11 heteroatoms. The zero-order valence-corrected chi connectivity index (χ0v) is 27.5. The number of rotatable bonds is 6. The molecule has 1 fully saturated rings. The molecule has 1 saturated heterocycles. The Morgan fingerprint density at radius 1 is 1.06 bits per heavy atom. The molecule has 1 N–H and O–H groups in total. The lowest BCUT2D eigenvalue weighted by atomic mass is 9.92. The van der Waals surface area contributed by atoms with Crippen molar-refractivity contribution >= 4 is 28.7 Å². The number of aryl methyl sites for hydroxylation is 1.